The highest BCUT2D eigenvalue weighted by Gasteiger charge is 2.36. The summed E-state index contributed by atoms with van der Waals surface area (Å²) in [5.41, 5.74) is 0. The highest BCUT2D eigenvalue weighted by Crippen LogP contribution is 2.12. The van der Waals surface area contributed by atoms with E-state index in [9.17, 15) is 20.1 Å². The number of hydrogen-bond acceptors (Lipinski definition) is 5. The summed E-state index contributed by atoms with van der Waals surface area (Å²) >= 11 is 0. The van der Waals surface area contributed by atoms with Gasteiger partial charge in [-0.3, -0.25) is 4.79 Å². The number of carbonyl (C=O) groups excluding carboxylic acids is 1. The Labute approximate surface area is 88.5 Å². The van der Waals surface area contributed by atoms with Gasteiger partial charge < -0.3 is 25.5 Å². The monoisotopic (exact) mass is 218 g/mol. The molecular formula is C9H18N2O4. The molecule has 88 valence electrons. The normalized spacial score (nSPS) is 38.5. The molecule has 1 saturated heterocycles. The number of aliphatic hydroxyl groups is 3. The Hall–Kier alpha value is -0.690. The summed E-state index contributed by atoms with van der Waals surface area (Å²) in [5.74, 6) is -0.268. The van der Waals surface area contributed by atoms with Gasteiger partial charge in [-0.05, 0) is 7.05 Å². The molecule has 4 atom stereocenters. The van der Waals surface area contributed by atoms with Gasteiger partial charge in [0.2, 0.25) is 5.91 Å². The molecule has 4 N–H and O–H groups in total. The zero-order valence-electron chi connectivity index (χ0n) is 8.92. The van der Waals surface area contributed by atoms with Crippen LogP contribution in [0.2, 0.25) is 0 Å². The van der Waals surface area contributed by atoms with Crippen molar-refractivity contribution in [1.82, 2.24) is 10.2 Å². The van der Waals surface area contributed by atoms with Crippen LogP contribution in [0.15, 0.2) is 0 Å². The smallest absolute Gasteiger partial charge is 0.217 e. The molecule has 0 aromatic heterocycles. The third-order valence-electron chi connectivity index (χ3n) is 2.55. The van der Waals surface area contributed by atoms with E-state index in [-0.39, 0.29) is 12.5 Å². The average Bonchev–Trinajstić information content (AvgIpc) is 2.19. The van der Waals surface area contributed by atoms with Crippen molar-refractivity contribution in [3.8, 4) is 0 Å². The second kappa shape index (κ2) is 4.89. The summed E-state index contributed by atoms with van der Waals surface area (Å²) in [6, 6.07) is -0.556. The first-order valence-electron chi connectivity index (χ1n) is 4.91. The third kappa shape index (κ3) is 3.13. The molecule has 1 fully saturated rings. The summed E-state index contributed by atoms with van der Waals surface area (Å²) < 4.78 is 0. The standard InChI is InChI=1S/C9H18N2O4/c1-5(12)10-6-3-11(2)4-7(13)9(15)8(6)14/h6-9,13-15H,3-4H2,1-2H3,(H,10,12)/t6-,7+,8+,9+/m0/s1. The number of aliphatic hydroxyl groups excluding tert-OH is 3. The Morgan fingerprint density at radius 3 is 2.40 bits per heavy atom. The SMILES string of the molecule is CC(=O)N[C@H]1CN(C)C[C@@H](O)[C@@H](O)[C@@H]1O. The van der Waals surface area contributed by atoms with E-state index in [4.69, 9.17) is 0 Å². The fourth-order valence-corrected chi connectivity index (χ4v) is 1.80. The molecule has 0 radical (unpaired) electrons. The maximum absolute atomic E-state index is 10.9. The number of amides is 1. The van der Waals surface area contributed by atoms with Crippen LogP contribution in [0.1, 0.15) is 6.92 Å². The highest BCUT2D eigenvalue weighted by molar-refractivity contribution is 5.73. The Morgan fingerprint density at radius 1 is 1.27 bits per heavy atom. The Morgan fingerprint density at radius 2 is 1.87 bits per heavy atom. The van der Waals surface area contributed by atoms with E-state index >= 15 is 0 Å². The highest BCUT2D eigenvalue weighted by atomic mass is 16.4. The first-order chi connectivity index (χ1) is 6.91. The van der Waals surface area contributed by atoms with E-state index in [0.29, 0.717) is 6.54 Å². The lowest BCUT2D eigenvalue weighted by Crippen LogP contribution is -2.51. The second-order valence-electron chi connectivity index (χ2n) is 4.08. The summed E-state index contributed by atoms with van der Waals surface area (Å²) in [7, 11) is 1.75. The number of likely N-dealkylation sites (tertiary alicyclic amines) is 1. The van der Waals surface area contributed by atoms with Crippen molar-refractivity contribution >= 4 is 5.91 Å². The van der Waals surface area contributed by atoms with Crippen LogP contribution < -0.4 is 5.32 Å². The van der Waals surface area contributed by atoms with E-state index in [1.807, 2.05) is 0 Å². The molecule has 15 heavy (non-hydrogen) atoms. The fourth-order valence-electron chi connectivity index (χ4n) is 1.80. The van der Waals surface area contributed by atoms with Crippen LogP contribution in [0.4, 0.5) is 0 Å². The number of β-amino-alcohol motifs (C(OH)–C–C–N with tert-alkyl or cyclic N) is 1. The van der Waals surface area contributed by atoms with E-state index in [1.54, 1.807) is 11.9 Å². The molecule has 1 aliphatic rings. The molecule has 1 amide bonds. The minimum absolute atomic E-state index is 0.268. The van der Waals surface area contributed by atoms with Gasteiger partial charge in [0.05, 0.1) is 12.1 Å². The van der Waals surface area contributed by atoms with Gasteiger partial charge in [0.15, 0.2) is 0 Å². The molecule has 1 rings (SSSR count). The Balaban J connectivity index is 2.72. The van der Waals surface area contributed by atoms with E-state index in [2.05, 4.69) is 5.32 Å². The minimum Gasteiger partial charge on any atom is -0.389 e. The molecule has 0 saturated carbocycles. The van der Waals surface area contributed by atoms with Crippen molar-refractivity contribution in [3.05, 3.63) is 0 Å². The summed E-state index contributed by atoms with van der Waals surface area (Å²) in [5, 5.41) is 31.3. The van der Waals surface area contributed by atoms with Crippen molar-refractivity contribution in [3.63, 3.8) is 0 Å². The predicted molar refractivity (Wildman–Crippen MR) is 53.1 cm³/mol. The van der Waals surface area contributed by atoms with Gasteiger partial charge >= 0.3 is 0 Å². The van der Waals surface area contributed by atoms with Crippen molar-refractivity contribution in [1.29, 1.82) is 0 Å². The number of rotatable bonds is 1. The van der Waals surface area contributed by atoms with Gasteiger partial charge in [-0.25, -0.2) is 0 Å². The van der Waals surface area contributed by atoms with Gasteiger partial charge in [-0.2, -0.15) is 0 Å². The molecule has 0 aliphatic carbocycles. The number of likely N-dealkylation sites (N-methyl/N-ethyl adjacent to an activating group) is 1. The first-order valence-corrected chi connectivity index (χ1v) is 4.91. The van der Waals surface area contributed by atoms with Gasteiger partial charge in [-0.1, -0.05) is 0 Å². The van der Waals surface area contributed by atoms with Crippen LogP contribution in [0.25, 0.3) is 0 Å². The molecule has 1 aliphatic heterocycles. The average molecular weight is 218 g/mol. The van der Waals surface area contributed by atoms with E-state index < -0.39 is 24.4 Å². The maximum Gasteiger partial charge on any atom is 0.217 e. The third-order valence-corrected chi connectivity index (χ3v) is 2.55. The zero-order valence-corrected chi connectivity index (χ0v) is 8.92. The van der Waals surface area contributed by atoms with Crippen LogP contribution in [-0.2, 0) is 4.79 Å². The van der Waals surface area contributed by atoms with Gasteiger partial charge in [0.1, 0.15) is 12.2 Å². The summed E-state index contributed by atoms with van der Waals surface area (Å²) in [4.78, 5) is 12.6. The molecule has 0 unspecified atom stereocenters. The lowest BCUT2D eigenvalue weighted by atomic mass is 10.0. The van der Waals surface area contributed by atoms with E-state index in [0.717, 1.165) is 0 Å². The molecular weight excluding hydrogens is 200 g/mol. The summed E-state index contributed by atoms with van der Waals surface area (Å²) in [6.45, 7) is 2.02. The van der Waals surface area contributed by atoms with Crippen LogP contribution >= 0.6 is 0 Å². The molecule has 0 spiro atoms. The van der Waals surface area contributed by atoms with Crippen molar-refractivity contribution in [2.75, 3.05) is 20.1 Å². The molecule has 1 heterocycles. The van der Waals surface area contributed by atoms with Crippen molar-refractivity contribution < 1.29 is 20.1 Å². The zero-order chi connectivity index (χ0) is 11.6. The van der Waals surface area contributed by atoms with Gasteiger partial charge in [-0.15, -0.1) is 0 Å². The minimum atomic E-state index is -1.23. The lowest BCUT2D eigenvalue weighted by molar-refractivity contribution is -0.121. The van der Waals surface area contributed by atoms with E-state index in [1.165, 1.54) is 6.92 Å². The second-order valence-corrected chi connectivity index (χ2v) is 4.08. The molecule has 0 bridgehead atoms. The van der Waals surface area contributed by atoms with Crippen molar-refractivity contribution in [2.24, 2.45) is 0 Å². The molecule has 0 aromatic carbocycles. The van der Waals surface area contributed by atoms with Crippen LogP contribution in [0.5, 0.6) is 0 Å². The predicted octanol–water partition coefficient (Wildman–Crippen LogP) is -2.48. The number of nitrogens with one attached hydrogen (secondary N) is 1. The van der Waals surface area contributed by atoms with Crippen LogP contribution in [0, 0.1) is 0 Å². The fraction of sp³-hybridized carbons (Fsp3) is 0.889. The quantitative estimate of drug-likeness (QED) is 0.391. The van der Waals surface area contributed by atoms with Crippen molar-refractivity contribution in [2.45, 2.75) is 31.3 Å². The number of hydrogen-bond donors (Lipinski definition) is 4. The first kappa shape index (κ1) is 12.4. The Bertz CT molecular complexity index is 236. The molecule has 0 aromatic rings. The number of nitrogens with zero attached hydrogens (tertiary/aromatic N) is 1. The lowest BCUT2D eigenvalue weighted by Gasteiger charge is -2.25. The van der Waals surface area contributed by atoms with Gasteiger partial charge in [0.25, 0.3) is 0 Å². The van der Waals surface area contributed by atoms with Gasteiger partial charge in [0, 0.05) is 20.0 Å². The number of carbonyl (C=O) groups is 1. The van der Waals surface area contributed by atoms with Crippen LogP contribution in [0.3, 0.4) is 0 Å². The molecule has 6 heteroatoms. The Kier molecular flexibility index (Phi) is 4.04. The van der Waals surface area contributed by atoms with Crippen LogP contribution in [-0.4, -0.2) is 70.6 Å². The topological polar surface area (TPSA) is 93.0 Å². The maximum atomic E-state index is 10.9. The summed E-state index contributed by atoms with van der Waals surface area (Å²) in [6.07, 6.45) is -3.37. The molecule has 6 nitrogen and oxygen atoms in total. The largest absolute Gasteiger partial charge is 0.389 e.